The molecule has 1 N–H and O–H groups in total. The molecule has 2 amide bonds. The Balaban J connectivity index is 1.99. The minimum Gasteiger partial charge on any atom is -0.497 e. The van der Waals surface area contributed by atoms with Crippen molar-refractivity contribution in [1.82, 2.24) is 10.2 Å². The van der Waals surface area contributed by atoms with Gasteiger partial charge in [0.2, 0.25) is 11.8 Å². The first-order chi connectivity index (χ1) is 18.6. The highest BCUT2D eigenvalue weighted by Crippen LogP contribution is 2.26. The molecule has 0 aromatic heterocycles. The summed E-state index contributed by atoms with van der Waals surface area (Å²) in [5.41, 5.74) is 1.14. The summed E-state index contributed by atoms with van der Waals surface area (Å²) in [6.07, 6.45) is 0.737. The SMILES string of the molecule is CC[C@@H](C)NC(=O)[C@H](C)N(Cc1ccc(Br)cc1)C(=O)CN(c1ccccc1)S(=O)(=O)c1ccc(OC)cc1. The van der Waals surface area contributed by atoms with E-state index in [1.807, 2.05) is 38.1 Å². The summed E-state index contributed by atoms with van der Waals surface area (Å²) in [6.45, 7) is 5.15. The maximum atomic E-state index is 13.9. The van der Waals surface area contributed by atoms with Crippen LogP contribution < -0.4 is 14.4 Å². The normalized spacial score (nSPS) is 12.7. The van der Waals surface area contributed by atoms with Gasteiger partial charge in [-0.15, -0.1) is 0 Å². The molecule has 0 spiro atoms. The number of nitrogens with one attached hydrogen (secondary N) is 1. The zero-order valence-electron chi connectivity index (χ0n) is 22.5. The van der Waals surface area contributed by atoms with Crippen LogP contribution in [0.3, 0.4) is 0 Å². The average Bonchev–Trinajstić information content (AvgIpc) is 2.95. The first-order valence-electron chi connectivity index (χ1n) is 12.6. The third-order valence-corrected chi connectivity index (χ3v) is 8.72. The molecule has 3 aromatic carbocycles. The molecular formula is C29H34BrN3O5S. The van der Waals surface area contributed by atoms with Gasteiger partial charge in [-0.25, -0.2) is 8.42 Å². The number of para-hydroxylation sites is 1. The zero-order chi connectivity index (χ0) is 28.6. The Morgan fingerprint density at radius 2 is 1.56 bits per heavy atom. The Bertz CT molecular complexity index is 1350. The fraction of sp³-hybridized carbons (Fsp3) is 0.310. The fourth-order valence-corrected chi connectivity index (χ4v) is 5.51. The van der Waals surface area contributed by atoms with Crippen LogP contribution in [0.4, 0.5) is 5.69 Å². The molecular weight excluding hydrogens is 582 g/mol. The van der Waals surface area contributed by atoms with E-state index in [-0.39, 0.29) is 23.4 Å². The molecule has 0 saturated carbocycles. The molecule has 3 rings (SSSR count). The van der Waals surface area contributed by atoms with Crippen molar-refractivity contribution in [3.63, 3.8) is 0 Å². The number of ether oxygens (including phenoxy) is 1. The van der Waals surface area contributed by atoms with Gasteiger partial charge < -0.3 is 15.0 Å². The van der Waals surface area contributed by atoms with Crippen LogP contribution in [-0.2, 0) is 26.2 Å². The van der Waals surface area contributed by atoms with Crippen LogP contribution in [-0.4, -0.2) is 50.9 Å². The van der Waals surface area contributed by atoms with E-state index in [4.69, 9.17) is 4.74 Å². The van der Waals surface area contributed by atoms with Gasteiger partial charge in [0.05, 0.1) is 17.7 Å². The number of carbonyl (C=O) groups is 2. The molecule has 39 heavy (non-hydrogen) atoms. The lowest BCUT2D eigenvalue weighted by molar-refractivity contribution is -0.139. The van der Waals surface area contributed by atoms with Gasteiger partial charge in [0.15, 0.2) is 0 Å². The van der Waals surface area contributed by atoms with Gasteiger partial charge in [-0.05, 0) is 74.4 Å². The lowest BCUT2D eigenvalue weighted by atomic mass is 10.1. The van der Waals surface area contributed by atoms with Crippen LogP contribution in [0.25, 0.3) is 0 Å². The number of halogens is 1. The minimum atomic E-state index is -4.13. The van der Waals surface area contributed by atoms with Gasteiger partial charge in [-0.1, -0.05) is 53.2 Å². The summed E-state index contributed by atoms with van der Waals surface area (Å²) in [5, 5.41) is 2.93. The second-order valence-corrected chi connectivity index (χ2v) is 11.9. The largest absolute Gasteiger partial charge is 0.497 e. The summed E-state index contributed by atoms with van der Waals surface area (Å²) in [4.78, 5) is 28.4. The average molecular weight is 617 g/mol. The molecule has 2 atom stereocenters. The molecule has 8 nitrogen and oxygen atoms in total. The van der Waals surface area contributed by atoms with Gasteiger partial charge in [0, 0.05) is 17.1 Å². The molecule has 0 radical (unpaired) electrons. The molecule has 0 unspecified atom stereocenters. The maximum absolute atomic E-state index is 13.9. The van der Waals surface area contributed by atoms with E-state index in [1.165, 1.54) is 24.1 Å². The highest BCUT2D eigenvalue weighted by Gasteiger charge is 2.32. The molecule has 0 saturated heterocycles. The number of hydrogen-bond acceptors (Lipinski definition) is 5. The van der Waals surface area contributed by atoms with E-state index in [0.717, 1.165) is 20.8 Å². The van der Waals surface area contributed by atoms with Gasteiger partial charge in [0.25, 0.3) is 10.0 Å². The van der Waals surface area contributed by atoms with E-state index in [0.29, 0.717) is 11.4 Å². The van der Waals surface area contributed by atoms with Crippen molar-refractivity contribution in [3.05, 3.63) is 88.9 Å². The third-order valence-electron chi connectivity index (χ3n) is 6.40. The maximum Gasteiger partial charge on any atom is 0.264 e. The number of anilines is 1. The number of carbonyl (C=O) groups excluding carboxylic acids is 2. The van der Waals surface area contributed by atoms with Crippen LogP contribution >= 0.6 is 15.9 Å². The van der Waals surface area contributed by atoms with E-state index in [2.05, 4.69) is 21.2 Å². The number of methoxy groups -OCH3 is 1. The van der Waals surface area contributed by atoms with Crippen molar-refractivity contribution in [2.45, 2.75) is 50.7 Å². The molecule has 0 bridgehead atoms. The second kappa shape index (κ2) is 13.6. The van der Waals surface area contributed by atoms with Crippen molar-refractivity contribution in [1.29, 1.82) is 0 Å². The van der Waals surface area contributed by atoms with Crippen LogP contribution in [0.5, 0.6) is 5.75 Å². The predicted octanol–water partition coefficient (Wildman–Crippen LogP) is 4.99. The molecule has 10 heteroatoms. The fourth-order valence-electron chi connectivity index (χ4n) is 3.83. The van der Waals surface area contributed by atoms with Crippen LogP contribution in [0.2, 0.25) is 0 Å². The smallest absolute Gasteiger partial charge is 0.264 e. The number of benzene rings is 3. The van der Waals surface area contributed by atoms with E-state index in [1.54, 1.807) is 49.4 Å². The van der Waals surface area contributed by atoms with Crippen molar-refractivity contribution < 1.29 is 22.7 Å². The first kappa shape index (κ1) is 30.2. The first-order valence-corrected chi connectivity index (χ1v) is 14.9. The Morgan fingerprint density at radius 1 is 0.949 bits per heavy atom. The molecule has 0 aliphatic heterocycles. The molecule has 3 aromatic rings. The highest BCUT2D eigenvalue weighted by molar-refractivity contribution is 9.10. The Labute approximate surface area is 239 Å². The van der Waals surface area contributed by atoms with Crippen LogP contribution in [0, 0.1) is 0 Å². The van der Waals surface area contributed by atoms with Gasteiger partial charge in [0.1, 0.15) is 18.3 Å². The summed E-state index contributed by atoms with van der Waals surface area (Å²) in [7, 11) is -2.63. The standard InChI is InChI=1S/C29H34BrN3O5S/c1-5-21(2)31-29(35)22(3)32(19-23-11-13-24(30)14-12-23)28(34)20-33(25-9-7-6-8-10-25)39(36,37)27-17-15-26(38-4)16-18-27/h6-18,21-22H,5,19-20H2,1-4H3,(H,31,35)/t21-,22+/m1/s1. The van der Waals surface area contributed by atoms with Crippen molar-refractivity contribution in [2.75, 3.05) is 18.0 Å². The van der Waals surface area contributed by atoms with Crippen molar-refractivity contribution in [2.24, 2.45) is 0 Å². The number of amides is 2. The van der Waals surface area contributed by atoms with Gasteiger partial charge in [-0.3, -0.25) is 13.9 Å². The molecule has 0 aliphatic rings. The van der Waals surface area contributed by atoms with Crippen molar-refractivity contribution in [3.8, 4) is 5.75 Å². The van der Waals surface area contributed by atoms with Gasteiger partial charge in [-0.2, -0.15) is 0 Å². The number of rotatable bonds is 12. The molecule has 208 valence electrons. The topological polar surface area (TPSA) is 96.0 Å². The van der Waals surface area contributed by atoms with Crippen LogP contribution in [0.15, 0.2) is 88.2 Å². The summed E-state index contributed by atoms with van der Waals surface area (Å²) in [5.74, 6) is -0.303. The Hall–Kier alpha value is -3.37. The van der Waals surface area contributed by atoms with Crippen molar-refractivity contribution >= 4 is 43.5 Å². The van der Waals surface area contributed by atoms with Crippen LogP contribution in [0.1, 0.15) is 32.8 Å². The van der Waals surface area contributed by atoms with E-state index >= 15 is 0 Å². The Morgan fingerprint density at radius 3 is 2.13 bits per heavy atom. The van der Waals surface area contributed by atoms with E-state index in [9.17, 15) is 18.0 Å². The molecule has 0 aliphatic carbocycles. The third kappa shape index (κ3) is 7.83. The number of hydrogen-bond donors (Lipinski definition) is 1. The molecule has 0 heterocycles. The number of nitrogens with zero attached hydrogens (tertiary/aromatic N) is 2. The minimum absolute atomic E-state index is 0.0157. The quantitative estimate of drug-likeness (QED) is 0.310. The lowest BCUT2D eigenvalue weighted by Crippen LogP contribution is -2.52. The zero-order valence-corrected chi connectivity index (χ0v) is 24.9. The van der Waals surface area contributed by atoms with Gasteiger partial charge >= 0.3 is 0 Å². The number of sulfonamides is 1. The Kier molecular flexibility index (Phi) is 10.5. The lowest BCUT2D eigenvalue weighted by Gasteiger charge is -2.32. The summed E-state index contributed by atoms with van der Waals surface area (Å²) in [6, 6.07) is 20.9. The highest BCUT2D eigenvalue weighted by atomic mass is 79.9. The summed E-state index contributed by atoms with van der Waals surface area (Å²) < 4.78 is 34.7. The molecule has 0 fully saturated rings. The summed E-state index contributed by atoms with van der Waals surface area (Å²) >= 11 is 3.41. The second-order valence-electron chi connectivity index (χ2n) is 9.16. The monoisotopic (exact) mass is 615 g/mol. The predicted molar refractivity (Wildman–Crippen MR) is 156 cm³/mol. The van der Waals surface area contributed by atoms with E-state index < -0.39 is 28.5 Å².